The normalized spacial score (nSPS) is 15.7. The molecule has 0 radical (unpaired) electrons. The minimum absolute atomic E-state index is 0.0507. The number of ether oxygens (including phenoxy) is 3. The SMILES string of the molecule is C=C(/C=C\CC)C1CCC(c2cc(F)c(C(F)(F)Oc3cc(F)c(F)c(F)c3)c(F)c2)CC1.CC(C)CC(C)Oc1ccc(-c2ccc(C(=O)Oc3ccc(F)c(F)c3)cc2)cc1. The molecule has 0 aromatic heterocycles. The van der Waals surface area contributed by atoms with Crippen LogP contribution in [0.15, 0.2) is 115 Å². The first-order valence-electron chi connectivity index (χ1n) is 20.5. The Hall–Kier alpha value is -5.98. The van der Waals surface area contributed by atoms with Crippen LogP contribution in [0, 0.1) is 52.6 Å². The van der Waals surface area contributed by atoms with Gasteiger partial charge in [0, 0.05) is 18.2 Å². The third kappa shape index (κ3) is 13.0. The van der Waals surface area contributed by atoms with E-state index in [-0.39, 0.29) is 41.4 Å². The lowest BCUT2D eigenvalue weighted by Gasteiger charge is -2.30. The van der Waals surface area contributed by atoms with E-state index in [1.54, 1.807) is 24.3 Å². The largest absolute Gasteiger partial charge is 0.491 e. The average molecular weight is 883 g/mol. The van der Waals surface area contributed by atoms with Gasteiger partial charge in [-0.1, -0.05) is 69.3 Å². The van der Waals surface area contributed by atoms with Gasteiger partial charge in [-0.3, -0.25) is 0 Å². The summed E-state index contributed by atoms with van der Waals surface area (Å²) >= 11 is 0. The minimum atomic E-state index is -4.59. The quantitative estimate of drug-likeness (QED) is 0.0366. The van der Waals surface area contributed by atoms with Gasteiger partial charge in [0.1, 0.15) is 34.4 Å². The van der Waals surface area contributed by atoms with E-state index in [9.17, 15) is 44.3 Å². The minimum Gasteiger partial charge on any atom is -0.491 e. The molecular formula is C50H47F9O4. The fourth-order valence-electron chi connectivity index (χ4n) is 7.27. The average Bonchev–Trinajstić information content (AvgIpc) is 3.23. The van der Waals surface area contributed by atoms with Crippen molar-refractivity contribution in [3.8, 4) is 28.4 Å². The number of hydrogen-bond acceptors (Lipinski definition) is 4. The molecule has 0 amide bonds. The lowest BCUT2D eigenvalue weighted by Crippen LogP contribution is -2.26. The van der Waals surface area contributed by atoms with Crippen LogP contribution in [0.25, 0.3) is 11.1 Å². The molecule has 1 atom stereocenters. The molecule has 5 aromatic carbocycles. The first-order valence-corrected chi connectivity index (χ1v) is 20.5. The van der Waals surface area contributed by atoms with Crippen LogP contribution in [-0.2, 0) is 6.11 Å². The van der Waals surface area contributed by atoms with Gasteiger partial charge in [0.05, 0.1) is 11.7 Å². The maximum atomic E-state index is 14.6. The number of hydrogen-bond donors (Lipinski definition) is 0. The second kappa shape index (κ2) is 21.4. The number of halogens is 9. The van der Waals surface area contributed by atoms with Crippen LogP contribution in [0.5, 0.6) is 17.2 Å². The Labute approximate surface area is 361 Å². The molecule has 4 nitrogen and oxygen atoms in total. The highest BCUT2D eigenvalue weighted by Crippen LogP contribution is 2.42. The van der Waals surface area contributed by atoms with Crippen molar-refractivity contribution in [2.45, 2.75) is 84.4 Å². The van der Waals surface area contributed by atoms with E-state index in [0.29, 0.717) is 24.3 Å². The predicted molar refractivity (Wildman–Crippen MR) is 223 cm³/mol. The Morgan fingerprint density at radius 1 is 0.698 bits per heavy atom. The van der Waals surface area contributed by atoms with Crippen LogP contribution < -0.4 is 14.2 Å². The molecule has 1 saturated carbocycles. The molecule has 1 aliphatic carbocycles. The monoisotopic (exact) mass is 882 g/mol. The van der Waals surface area contributed by atoms with Crippen molar-refractivity contribution in [1.29, 1.82) is 0 Å². The molecule has 0 N–H and O–H groups in total. The maximum absolute atomic E-state index is 14.6. The van der Waals surface area contributed by atoms with E-state index in [2.05, 4.69) is 32.1 Å². The van der Waals surface area contributed by atoms with Gasteiger partial charge in [0.2, 0.25) is 0 Å². The Kier molecular flexibility index (Phi) is 16.3. The standard InChI is InChI=1S/C25H23F7O.C25H24F2O3/c1-3-4-5-14(2)15-6-8-16(9-7-15)17-10-19(26)23(20(27)11-17)25(31,32)33-18-12-21(28)24(30)22(29)13-18;1-16(2)14-17(3)29-21-10-8-19(9-11-21)18-4-6-20(7-5-18)25(28)30-22-12-13-23(26)24(27)15-22/h4-5,10-13,15-16H,2-3,6-9H2,1H3;4-13,15-17H,14H2,1-3H3/b5-4-;. The lowest BCUT2D eigenvalue weighted by molar-refractivity contribution is -0.189. The van der Waals surface area contributed by atoms with Gasteiger partial charge < -0.3 is 14.2 Å². The molecule has 5 aromatic rings. The number of esters is 1. The van der Waals surface area contributed by atoms with Gasteiger partial charge in [-0.25, -0.2) is 35.5 Å². The van der Waals surface area contributed by atoms with Gasteiger partial charge in [0.15, 0.2) is 29.1 Å². The molecule has 6 rings (SSSR count). The summed E-state index contributed by atoms with van der Waals surface area (Å²) in [4.78, 5) is 12.2. The van der Waals surface area contributed by atoms with E-state index in [0.717, 1.165) is 72.4 Å². The predicted octanol–water partition coefficient (Wildman–Crippen LogP) is 15.0. The fraction of sp³-hybridized carbons (Fsp3) is 0.300. The van der Waals surface area contributed by atoms with Gasteiger partial charge in [-0.05, 0) is 128 Å². The van der Waals surface area contributed by atoms with Crippen molar-refractivity contribution >= 4 is 5.97 Å². The van der Waals surface area contributed by atoms with Crippen LogP contribution in [0.4, 0.5) is 39.5 Å². The summed E-state index contributed by atoms with van der Waals surface area (Å²) in [6.07, 6.45) is 4.15. The number of benzene rings is 5. The molecule has 0 spiro atoms. The van der Waals surface area contributed by atoms with E-state index in [1.807, 2.05) is 43.3 Å². The van der Waals surface area contributed by atoms with Gasteiger partial charge in [-0.2, -0.15) is 8.78 Å². The summed E-state index contributed by atoms with van der Waals surface area (Å²) in [7, 11) is 0. The number of carbonyl (C=O) groups excluding carboxylic acids is 1. The number of alkyl halides is 2. The first kappa shape index (κ1) is 48.1. The molecule has 0 aliphatic heterocycles. The van der Waals surface area contributed by atoms with Crippen molar-refractivity contribution in [1.82, 2.24) is 0 Å². The van der Waals surface area contributed by atoms with Crippen molar-refractivity contribution in [3.05, 3.63) is 173 Å². The molecule has 1 aliphatic rings. The van der Waals surface area contributed by atoms with Crippen LogP contribution in [0.2, 0.25) is 0 Å². The fourth-order valence-corrected chi connectivity index (χ4v) is 7.27. The van der Waals surface area contributed by atoms with Crippen molar-refractivity contribution in [2.75, 3.05) is 0 Å². The smallest absolute Gasteiger partial charge is 0.432 e. The van der Waals surface area contributed by atoms with E-state index < -0.39 is 64.1 Å². The highest BCUT2D eigenvalue weighted by molar-refractivity contribution is 5.91. The summed E-state index contributed by atoms with van der Waals surface area (Å²) in [6.45, 7) is 12.5. The zero-order chi connectivity index (χ0) is 46.0. The third-order valence-electron chi connectivity index (χ3n) is 10.4. The Balaban J connectivity index is 0.000000239. The van der Waals surface area contributed by atoms with Crippen LogP contribution in [0.1, 0.15) is 93.6 Å². The summed E-state index contributed by atoms with van der Waals surface area (Å²) in [5, 5.41) is 0. The van der Waals surface area contributed by atoms with Crippen molar-refractivity contribution in [3.63, 3.8) is 0 Å². The Bertz CT molecular complexity index is 2340. The molecule has 1 fully saturated rings. The van der Waals surface area contributed by atoms with E-state index >= 15 is 0 Å². The topological polar surface area (TPSA) is 44.8 Å². The zero-order valence-electron chi connectivity index (χ0n) is 35.1. The third-order valence-corrected chi connectivity index (χ3v) is 10.4. The van der Waals surface area contributed by atoms with Crippen LogP contribution in [-0.4, -0.2) is 12.1 Å². The molecule has 0 bridgehead atoms. The van der Waals surface area contributed by atoms with Crippen LogP contribution >= 0.6 is 0 Å². The van der Waals surface area contributed by atoms with Crippen molar-refractivity contribution < 1.29 is 58.5 Å². The summed E-state index contributed by atoms with van der Waals surface area (Å²) in [5.74, 6) is -11.0. The second-order valence-electron chi connectivity index (χ2n) is 15.7. The number of carbonyl (C=O) groups is 1. The molecule has 63 heavy (non-hydrogen) atoms. The summed E-state index contributed by atoms with van der Waals surface area (Å²) < 4.78 is 139. The van der Waals surface area contributed by atoms with Gasteiger partial charge in [-0.15, -0.1) is 0 Å². The maximum Gasteiger partial charge on any atom is 0.432 e. The molecular weight excluding hydrogens is 836 g/mol. The molecule has 1 unspecified atom stereocenters. The Morgan fingerprint density at radius 2 is 1.24 bits per heavy atom. The number of allylic oxidation sites excluding steroid dienone is 3. The summed E-state index contributed by atoms with van der Waals surface area (Å²) in [5.41, 5.74) is 1.78. The van der Waals surface area contributed by atoms with Crippen LogP contribution in [0.3, 0.4) is 0 Å². The Morgan fingerprint density at radius 3 is 1.78 bits per heavy atom. The van der Waals surface area contributed by atoms with E-state index in [4.69, 9.17) is 9.47 Å². The highest BCUT2D eigenvalue weighted by atomic mass is 19.3. The zero-order valence-corrected chi connectivity index (χ0v) is 35.1. The molecule has 0 saturated heterocycles. The second-order valence-corrected chi connectivity index (χ2v) is 15.7. The molecule has 13 heteroatoms. The van der Waals surface area contributed by atoms with Gasteiger partial charge >= 0.3 is 12.1 Å². The molecule has 0 heterocycles. The molecule has 334 valence electrons. The number of rotatable bonds is 14. The van der Waals surface area contributed by atoms with E-state index in [1.165, 1.54) is 6.07 Å². The van der Waals surface area contributed by atoms with Crippen molar-refractivity contribution in [2.24, 2.45) is 11.8 Å². The lowest BCUT2D eigenvalue weighted by atomic mass is 9.76. The van der Waals surface area contributed by atoms with Gasteiger partial charge in [0.25, 0.3) is 0 Å². The summed E-state index contributed by atoms with van der Waals surface area (Å²) in [6, 6.07) is 19.6. The highest BCUT2D eigenvalue weighted by Gasteiger charge is 2.42. The first-order chi connectivity index (χ1) is 29.8.